The Kier molecular flexibility index (Phi) is 4.71. The average Bonchev–Trinajstić information content (AvgIpc) is 3.35. The van der Waals surface area contributed by atoms with E-state index in [2.05, 4.69) is 15.1 Å². The van der Waals surface area contributed by atoms with E-state index in [-0.39, 0.29) is 39.5 Å². The fraction of sp³-hybridized carbons (Fsp3) is 0.136. The molecule has 0 atom stereocenters. The van der Waals surface area contributed by atoms with Crippen molar-refractivity contribution in [3.8, 4) is 28.3 Å². The molecule has 0 aliphatic rings. The van der Waals surface area contributed by atoms with Crippen molar-refractivity contribution in [2.75, 3.05) is 7.11 Å². The van der Waals surface area contributed by atoms with Crippen LogP contribution in [0.4, 0.5) is 13.2 Å². The lowest BCUT2D eigenvalue weighted by Gasteiger charge is -2.07. The number of methoxy groups -OCH3 is 1. The smallest absolute Gasteiger partial charge is 0.435 e. The van der Waals surface area contributed by atoms with Crippen molar-refractivity contribution in [2.45, 2.75) is 13.1 Å². The number of aromatic nitrogens is 4. The van der Waals surface area contributed by atoms with Crippen LogP contribution in [0.1, 0.15) is 11.4 Å². The summed E-state index contributed by atoms with van der Waals surface area (Å²) in [7, 11) is 1.43. The first-order chi connectivity index (χ1) is 15.7. The van der Waals surface area contributed by atoms with E-state index in [1.54, 1.807) is 25.1 Å². The number of fused-ring (bicyclic) bond motifs is 2. The first-order valence-electron chi connectivity index (χ1n) is 9.61. The number of rotatable bonds is 3. The Morgan fingerprint density at radius 3 is 2.55 bits per heavy atom. The Morgan fingerprint density at radius 1 is 1.15 bits per heavy atom. The van der Waals surface area contributed by atoms with Crippen molar-refractivity contribution in [3.63, 3.8) is 0 Å². The first kappa shape index (κ1) is 21.1. The second-order valence-corrected chi connectivity index (χ2v) is 7.69. The number of halogens is 4. The molecule has 168 valence electrons. The van der Waals surface area contributed by atoms with Gasteiger partial charge >= 0.3 is 6.18 Å². The number of oxazole rings is 1. The van der Waals surface area contributed by atoms with Crippen LogP contribution in [0.15, 0.2) is 51.7 Å². The summed E-state index contributed by atoms with van der Waals surface area (Å²) in [4.78, 5) is 20.5. The largest absolute Gasteiger partial charge is 0.494 e. The fourth-order valence-electron chi connectivity index (χ4n) is 3.74. The van der Waals surface area contributed by atoms with E-state index >= 15 is 0 Å². The second-order valence-electron chi connectivity index (χ2n) is 7.25. The standard InChI is InChI=1S/C22H14ClF3N4O3/c1-10-15(20-28-17-13(32-2)8-12(23)9-14(17)33-20)21(31)30-19(27-10)16(11-6-4-3-5-7-11)18(29-30)22(24,25)26/h3-9,27H,1-2H3. The lowest BCUT2D eigenvalue weighted by molar-refractivity contribution is -0.140. The SMILES string of the molecule is COc1cc(Cl)cc2oc(-c3c(C)[nH]c4c(-c5ccccc5)c(C(F)(F)F)nn4c3=O)nc12. The first-order valence-corrected chi connectivity index (χ1v) is 9.99. The quantitative estimate of drug-likeness (QED) is 0.374. The molecule has 2 aromatic carbocycles. The topological polar surface area (TPSA) is 85.4 Å². The van der Waals surface area contributed by atoms with Gasteiger partial charge in [-0.25, -0.2) is 4.98 Å². The zero-order valence-electron chi connectivity index (χ0n) is 17.1. The van der Waals surface area contributed by atoms with Crippen LogP contribution < -0.4 is 10.3 Å². The lowest BCUT2D eigenvalue weighted by Crippen LogP contribution is -2.19. The van der Waals surface area contributed by atoms with Gasteiger partial charge in [0.2, 0.25) is 5.89 Å². The van der Waals surface area contributed by atoms with E-state index < -0.39 is 17.4 Å². The summed E-state index contributed by atoms with van der Waals surface area (Å²) in [5.74, 6) is 0.226. The third kappa shape index (κ3) is 3.34. The number of hydrogen-bond donors (Lipinski definition) is 1. The van der Waals surface area contributed by atoms with Crippen molar-refractivity contribution in [1.29, 1.82) is 0 Å². The lowest BCUT2D eigenvalue weighted by atomic mass is 10.1. The maximum Gasteiger partial charge on any atom is 0.435 e. The number of aryl methyl sites for hydroxylation is 1. The number of ether oxygens (including phenoxy) is 1. The van der Waals surface area contributed by atoms with Crippen LogP contribution in [0, 0.1) is 6.92 Å². The third-order valence-corrected chi connectivity index (χ3v) is 5.38. The van der Waals surface area contributed by atoms with Gasteiger partial charge in [-0.3, -0.25) is 4.79 Å². The van der Waals surface area contributed by atoms with Gasteiger partial charge in [0.05, 0.1) is 12.7 Å². The van der Waals surface area contributed by atoms with Gasteiger partial charge in [-0.15, -0.1) is 0 Å². The molecule has 0 unspecified atom stereocenters. The van der Waals surface area contributed by atoms with Crippen molar-refractivity contribution in [1.82, 2.24) is 19.6 Å². The van der Waals surface area contributed by atoms with E-state index in [1.165, 1.54) is 31.4 Å². The van der Waals surface area contributed by atoms with E-state index in [1.807, 2.05) is 0 Å². The molecule has 0 aliphatic heterocycles. The highest BCUT2D eigenvalue weighted by Gasteiger charge is 2.39. The zero-order chi connectivity index (χ0) is 23.5. The minimum absolute atomic E-state index is 0.0623. The van der Waals surface area contributed by atoms with Gasteiger partial charge in [0.1, 0.15) is 17.0 Å². The highest BCUT2D eigenvalue weighted by Crippen LogP contribution is 2.39. The fourth-order valence-corrected chi connectivity index (χ4v) is 3.94. The number of alkyl halides is 3. The highest BCUT2D eigenvalue weighted by molar-refractivity contribution is 6.31. The Balaban J connectivity index is 1.82. The average molecular weight is 475 g/mol. The zero-order valence-corrected chi connectivity index (χ0v) is 17.9. The van der Waals surface area contributed by atoms with Crippen molar-refractivity contribution >= 4 is 28.3 Å². The molecule has 1 N–H and O–H groups in total. The third-order valence-electron chi connectivity index (χ3n) is 5.16. The summed E-state index contributed by atoms with van der Waals surface area (Å²) in [6.07, 6.45) is -4.78. The van der Waals surface area contributed by atoms with Crippen molar-refractivity contribution in [3.05, 3.63) is 69.2 Å². The minimum atomic E-state index is -4.78. The molecule has 5 aromatic rings. The maximum atomic E-state index is 13.8. The summed E-state index contributed by atoms with van der Waals surface area (Å²) >= 11 is 6.06. The molecular weight excluding hydrogens is 461 g/mol. The normalized spacial score (nSPS) is 12.1. The summed E-state index contributed by atoms with van der Waals surface area (Å²) in [5.41, 5.74) is -1.26. The summed E-state index contributed by atoms with van der Waals surface area (Å²) in [6.45, 7) is 1.55. The number of nitrogens with one attached hydrogen (secondary N) is 1. The van der Waals surface area contributed by atoms with Gasteiger partial charge < -0.3 is 14.1 Å². The van der Waals surface area contributed by atoms with E-state index in [0.717, 1.165) is 0 Å². The second kappa shape index (κ2) is 7.38. The molecule has 33 heavy (non-hydrogen) atoms. The molecule has 0 radical (unpaired) electrons. The Bertz CT molecular complexity index is 1590. The number of aromatic amines is 1. The van der Waals surface area contributed by atoms with Crippen molar-refractivity contribution in [2.24, 2.45) is 0 Å². The number of hydrogen-bond acceptors (Lipinski definition) is 5. The predicted molar refractivity (Wildman–Crippen MR) is 116 cm³/mol. The summed E-state index contributed by atoms with van der Waals surface area (Å²) in [6, 6.07) is 11.0. The van der Waals surface area contributed by atoms with E-state index in [9.17, 15) is 18.0 Å². The van der Waals surface area contributed by atoms with E-state index in [4.69, 9.17) is 20.8 Å². The molecule has 11 heteroatoms. The maximum absolute atomic E-state index is 13.8. The van der Waals surface area contributed by atoms with Crippen LogP contribution in [0.2, 0.25) is 5.02 Å². The number of benzene rings is 2. The molecule has 0 saturated heterocycles. The molecule has 3 heterocycles. The number of nitrogens with zero attached hydrogens (tertiary/aromatic N) is 3. The molecule has 5 rings (SSSR count). The van der Waals surface area contributed by atoms with Gasteiger partial charge in [0, 0.05) is 22.8 Å². The Labute approximate surface area is 188 Å². The van der Waals surface area contributed by atoms with Crippen LogP contribution in [0.25, 0.3) is 39.3 Å². The molecule has 3 aromatic heterocycles. The number of H-pyrrole nitrogens is 1. The van der Waals surface area contributed by atoms with Gasteiger partial charge in [0.25, 0.3) is 5.56 Å². The molecule has 0 saturated carbocycles. The van der Waals surface area contributed by atoms with Gasteiger partial charge in [0.15, 0.2) is 16.8 Å². The summed E-state index contributed by atoms with van der Waals surface area (Å²) in [5, 5.41) is 3.95. The monoisotopic (exact) mass is 474 g/mol. The van der Waals surface area contributed by atoms with E-state index in [0.29, 0.717) is 20.8 Å². The van der Waals surface area contributed by atoms with Gasteiger partial charge in [-0.2, -0.15) is 22.8 Å². The molecule has 0 spiro atoms. The molecule has 0 aliphatic carbocycles. The highest BCUT2D eigenvalue weighted by atomic mass is 35.5. The predicted octanol–water partition coefficient (Wildman–Crippen LogP) is 5.49. The van der Waals surface area contributed by atoms with Crippen molar-refractivity contribution < 1.29 is 22.3 Å². The van der Waals surface area contributed by atoms with Gasteiger partial charge in [-0.05, 0) is 12.5 Å². The Hall–Kier alpha value is -3.79. The molecule has 0 amide bonds. The van der Waals surface area contributed by atoms with Gasteiger partial charge in [-0.1, -0.05) is 41.9 Å². The van der Waals surface area contributed by atoms with Crippen LogP contribution in [-0.2, 0) is 6.18 Å². The Morgan fingerprint density at radius 2 is 1.88 bits per heavy atom. The minimum Gasteiger partial charge on any atom is -0.494 e. The summed E-state index contributed by atoms with van der Waals surface area (Å²) < 4.78 is 53.2. The molecule has 0 fully saturated rings. The van der Waals surface area contributed by atoms with Crippen LogP contribution in [-0.4, -0.2) is 26.7 Å². The molecular formula is C22H14ClF3N4O3. The van der Waals surface area contributed by atoms with Crippen LogP contribution >= 0.6 is 11.6 Å². The van der Waals surface area contributed by atoms with Crippen LogP contribution in [0.5, 0.6) is 5.75 Å². The molecule has 0 bridgehead atoms. The van der Waals surface area contributed by atoms with Crippen LogP contribution in [0.3, 0.4) is 0 Å². The molecule has 7 nitrogen and oxygen atoms in total.